The Morgan fingerprint density at radius 3 is 2.47 bits per heavy atom. The van der Waals surface area contributed by atoms with Crippen molar-refractivity contribution in [1.29, 1.82) is 0 Å². The summed E-state index contributed by atoms with van der Waals surface area (Å²) in [6.07, 6.45) is -2.60. The third kappa shape index (κ3) is 3.59. The number of hydrogen-bond acceptors (Lipinski definition) is 3. The first-order valence-corrected chi connectivity index (χ1v) is 10.4. The fourth-order valence-corrected chi connectivity index (χ4v) is 3.84. The predicted molar refractivity (Wildman–Crippen MR) is 109 cm³/mol. The van der Waals surface area contributed by atoms with Crippen LogP contribution in [0.15, 0.2) is 60.6 Å². The summed E-state index contributed by atoms with van der Waals surface area (Å²) in [5, 5.41) is 6.92. The number of aromatic nitrogens is 3. The molecule has 10 heteroatoms. The van der Waals surface area contributed by atoms with Crippen LogP contribution in [0.5, 0.6) is 0 Å². The number of sulfonamides is 1. The number of halogens is 3. The Bertz CT molecular complexity index is 1370. The summed E-state index contributed by atoms with van der Waals surface area (Å²) in [5.74, 6) is 0. The first-order valence-electron chi connectivity index (χ1n) is 8.85. The van der Waals surface area contributed by atoms with Gasteiger partial charge in [-0.3, -0.25) is 9.25 Å². The van der Waals surface area contributed by atoms with Crippen molar-refractivity contribution in [2.75, 3.05) is 0 Å². The molecular formula is C20H17F3N4O2S. The third-order valence-corrected chi connectivity index (χ3v) is 5.75. The van der Waals surface area contributed by atoms with Crippen LogP contribution in [0, 0.1) is 0 Å². The molecule has 0 aliphatic carbocycles. The largest absolute Gasteiger partial charge is 0.416 e. The molecule has 2 heterocycles. The molecule has 0 fully saturated rings. The maximum atomic E-state index is 12.9. The van der Waals surface area contributed by atoms with Crippen LogP contribution in [0.4, 0.5) is 13.2 Å². The van der Waals surface area contributed by atoms with E-state index in [1.807, 2.05) is 12.3 Å². The molecule has 0 bridgehead atoms. The Morgan fingerprint density at radius 2 is 1.83 bits per heavy atom. The quantitative estimate of drug-likeness (QED) is 0.514. The van der Waals surface area contributed by atoms with E-state index in [9.17, 15) is 21.6 Å². The van der Waals surface area contributed by atoms with Gasteiger partial charge in [-0.15, -0.1) is 0 Å². The Labute approximate surface area is 170 Å². The molecule has 0 unspecified atom stereocenters. The summed E-state index contributed by atoms with van der Waals surface area (Å²) in [6, 6.07) is 10.3. The van der Waals surface area contributed by atoms with Crippen LogP contribution in [-0.2, 0) is 29.8 Å². The summed E-state index contributed by atoms with van der Waals surface area (Å²) in [6.45, 7) is 3.34. The van der Waals surface area contributed by atoms with Gasteiger partial charge in [0.05, 0.1) is 11.1 Å². The van der Waals surface area contributed by atoms with Gasteiger partial charge in [0.1, 0.15) is 0 Å². The Hall–Kier alpha value is -3.11. The molecule has 6 nitrogen and oxygen atoms in total. The molecule has 2 aromatic heterocycles. The topological polar surface area (TPSA) is 68.9 Å². The van der Waals surface area contributed by atoms with E-state index in [0.29, 0.717) is 11.3 Å². The van der Waals surface area contributed by atoms with Crippen LogP contribution in [0.3, 0.4) is 0 Å². The molecule has 0 spiro atoms. The van der Waals surface area contributed by atoms with Gasteiger partial charge in [-0.1, -0.05) is 12.6 Å². The van der Waals surface area contributed by atoms with Crippen LogP contribution >= 0.6 is 0 Å². The molecule has 0 aliphatic heterocycles. The van der Waals surface area contributed by atoms with Crippen LogP contribution in [-0.4, -0.2) is 22.8 Å². The number of rotatable bonds is 5. The second kappa shape index (κ2) is 6.99. The fraction of sp³-hybridized carbons (Fsp3) is 0.150. The van der Waals surface area contributed by atoms with Crippen LogP contribution in [0.25, 0.3) is 27.6 Å². The zero-order valence-electron chi connectivity index (χ0n) is 15.8. The molecule has 156 valence electrons. The van der Waals surface area contributed by atoms with Gasteiger partial charge in [0.25, 0.3) is 0 Å². The fourth-order valence-electron chi connectivity index (χ4n) is 3.35. The SMILES string of the molecule is C=CS(=O)(=O)NCc1ccc2c(c1)c1cn(C)nc1n2-c1ccc(C(F)(F)F)cc1. The second-order valence-electron chi connectivity index (χ2n) is 6.80. The van der Waals surface area contributed by atoms with Crippen molar-refractivity contribution in [3.05, 3.63) is 71.8 Å². The van der Waals surface area contributed by atoms with Crippen LogP contribution in [0.2, 0.25) is 0 Å². The lowest BCUT2D eigenvalue weighted by Crippen LogP contribution is -2.20. The standard InChI is InChI=1S/C20H17F3N4O2S/c1-3-30(28,29)24-11-13-4-9-18-16(10-13)17-12-26(2)25-19(17)27(18)15-7-5-14(6-8-15)20(21,22)23/h3-10,12,24H,1,11H2,2H3. The molecule has 0 saturated carbocycles. The average Bonchev–Trinajstić information content (AvgIpc) is 3.20. The third-order valence-electron chi connectivity index (χ3n) is 4.76. The summed E-state index contributed by atoms with van der Waals surface area (Å²) < 4.78 is 67.8. The Kier molecular flexibility index (Phi) is 4.70. The van der Waals surface area contributed by atoms with Gasteiger partial charge >= 0.3 is 6.18 Å². The first-order chi connectivity index (χ1) is 14.1. The zero-order chi connectivity index (χ0) is 21.7. The highest BCUT2D eigenvalue weighted by molar-refractivity contribution is 7.92. The van der Waals surface area contributed by atoms with Crippen molar-refractivity contribution >= 4 is 32.0 Å². The lowest BCUT2D eigenvalue weighted by Gasteiger charge is -2.10. The van der Waals surface area contributed by atoms with Crippen molar-refractivity contribution in [3.8, 4) is 5.69 Å². The highest BCUT2D eigenvalue weighted by Crippen LogP contribution is 2.34. The first kappa shape index (κ1) is 20.2. The van der Waals surface area contributed by atoms with Crippen molar-refractivity contribution in [3.63, 3.8) is 0 Å². The second-order valence-corrected chi connectivity index (χ2v) is 8.52. The molecule has 0 aliphatic rings. The van der Waals surface area contributed by atoms with Crippen molar-refractivity contribution < 1.29 is 21.6 Å². The minimum atomic E-state index is -4.41. The number of benzene rings is 2. The monoisotopic (exact) mass is 434 g/mol. The summed E-state index contributed by atoms with van der Waals surface area (Å²) in [7, 11) is -1.81. The van der Waals surface area contributed by atoms with Crippen molar-refractivity contribution in [2.45, 2.75) is 12.7 Å². The number of aryl methyl sites for hydroxylation is 1. The number of nitrogens with one attached hydrogen (secondary N) is 1. The van der Waals surface area contributed by atoms with E-state index in [-0.39, 0.29) is 6.54 Å². The van der Waals surface area contributed by atoms with E-state index < -0.39 is 21.8 Å². The maximum Gasteiger partial charge on any atom is 0.416 e. The zero-order valence-corrected chi connectivity index (χ0v) is 16.6. The lowest BCUT2D eigenvalue weighted by atomic mass is 10.1. The smallest absolute Gasteiger partial charge is 0.292 e. The van der Waals surface area contributed by atoms with E-state index in [2.05, 4.69) is 16.4 Å². The summed E-state index contributed by atoms with van der Waals surface area (Å²) in [5.41, 5.74) is 1.89. The molecule has 30 heavy (non-hydrogen) atoms. The van der Waals surface area contributed by atoms with Gasteiger partial charge in [-0.25, -0.2) is 13.1 Å². The van der Waals surface area contributed by atoms with Gasteiger partial charge in [0.15, 0.2) is 5.65 Å². The van der Waals surface area contributed by atoms with Crippen LogP contribution in [0.1, 0.15) is 11.1 Å². The highest BCUT2D eigenvalue weighted by atomic mass is 32.2. The molecule has 0 radical (unpaired) electrons. The molecule has 1 N–H and O–H groups in total. The van der Waals surface area contributed by atoms with Gasteiger partial charge in [0.2, 0.25) is 10.0 Å². The molecular weight excluding hydrogens is 417 g/mol. The van der Waals surface area contributed by atoms with Gasteiger partial charge in [0, 0.05) is 41.7 Å². The Balaban J connectivity index is 1.84. The van der Waals surface area contributed by atoms with E-state index >= 15 is 0 Å². The number of fused-ring (bicyclic) bond motifs is 3. The molecule has 0 amide bonds. The molecule has 0 saturated heterocycles. The minimum absolute atomic E-state index is 0.0809. The number of hydrogen-bond donors (Lipinski definition) is 1. The summed E-state index contributed by atoms with van der Waals surface area (Å²) in [4.78, 5) is 0. The molecule has 4 rings (SSSR count). The minimum Gasteiger partial charge on any atom is -0.292 e. The van der Waals surface area contributed by atoms with E-state index in [4.69, 9.17) is 0 Å². The van der Waals surface area contributed by atoms with E-state index in [0.717, 1.165) is 39.4 Å². The summed E-state index contributed by atoms with van der Waals surface area (Å²) >= 11 is 0. The predicted octanol–water partition coefficient (Wildman–Crippen LogP) is 4.10. The number of nitrogens with zero attached hydrogens (tertiary/aromatic N) is 3. The van der Waals surface area contributed by atoms with Crippen molar-refractivity contribution in [2.24, 2.45) is 7.05 Å². The van der Waals surface area contributed by atoms with Crippen molar-refractivity contribution in [1.82, 2.24) is 19.1 Å². The maximum absolute atomic E-state index is 12.9. The van der Waals surface area contributed by atoms with Gasteiger partial charge in [-0.2, -0.15) is 18.3 Å². The molecule has 0 atom stereocenters. The van der Waals surface area contributed by atoms with Crippen LogP contribution < -0.4 is 4.72 Å². The van der Waals surface area contributed by atoms with E-state index in [1.165, 1.54) is 12.1 Å². The average molecular weight is 434 g/mol. The number of alkyl halides is 3. The molecule has 4 aromatic rings. The van der Waals surface area contributed by atoms with E-state index in [1.54, 1.807) is 28.4 Å². The van der Waals surface area contributed by atoms with Gasteiger partial charge < -0.3 is 0 Å². The normalized spacial score (nSPS) is 12.7. The molecule has 2 aromatic carbocycles. The van der Waals surface area contributed by atoms with Gasteiger partial charge in [-0.05, 0) is 42.0 Å². The lowest BCUT2D eigenvalue weighted by molar-refractivity contribution is -0.137. The Morgan fingerprint density at radius 1 is 1.13 bits per heavy atom. The highest BCUT2D eigenvalue weighted by Gasteiger charge is 2.30.